The summed E-state index contributed by atoms with van der Waals surface area (Å²) in [6.45, 7) is 9.61. The van der Waals surface area contributed by atoms with E-state index in [4.69, 9.17) is 0 Å². The molecule has 0 fully saturated rings. The maximum atomic E-state index is 13.6. The van der Waals surface area contributed by atoms with E-state index in [0.717, 1.165) is 50.0 Å². The first-order valence-electron chi connectivity index (χ1n) is 10.1. The summed E-state index contributed by atoms with van der Waals surface area (Å²) in [4.78, 5) is 16.0. The number of carbonyl (C=O) groups is 1. The molecule has 2 heteroatoms. The van der Waals surface area contributed by atoms with Gasteiger partial charge in [-0.25, -0.2) is 0 Å². The van der Waals surface area contributed by atoms with Crippen molar-refractivity contribution in [2.24, 2.45) is 0 Å². The zero-order chi connectivity index (χ0) is 18.8. The van der Waals surface area contributed by atoms with Crippen LogP contribution in [-0.2, 0) is 10.2 Å². The molecule has 0 aliphatic heterocycles. The maximum absolute atomic E-state index is 13.6. The summed E-state index contributed by atoms with van der Waals surface area (Å²) >= 11 is 0. The van der Waals surface area contributed by atoms with Crippen molar-refractivity contribution in [1.29, 1.82) is 0 Å². The van der Waals surface area contributed by atoms with Gasteiger partial charge in [-0.05, 0) is 43.6 Å². The van der Waals surface area contributed by atoms with Gasteiger partial charge >= 0.3 is 0 Å². The molecule has 0 amide bonds. The van der Waals surface area contributed by atoms with E-state index in [1.807, 2.05) is 36.4 Å². The minimum Gasteiger partial charge on any atom is -0.304 e. The molecule has 0 atom stereocenters. The molecule has 0 bridgehead atoms. The first-order valence-corrected chi connectivity index (χ1v) is 10.1. The van der Waals surface area contributed by atoms with Gasteiger partial charge in [-0.15, -0.1) is 0 Å². The average molecular weight is 352 g/mol. The van der Waals surface area contributed by atoms with Crippen molar-refractivity contribution in [3.8, 4) is 0 Å². The van der Waals surface area contributed by atoms with Crippen molar-refractivity contribution in [2.45, 2.75) is 51.9 Å². The lowest BCUT2D eigenvalue weighted by Crippen LogP contribution is -2.37. The Morgan fingerprint density at radius 1 is 0.846 bits per heavy atom. The highest BCUT2D eigenvalue weighted by Gasteiger charge is 2.39. The third-order valence-electron chi connectivity index (χ3n) is 5.41. The summed E-state index contributed by atoms with van der Waals surface area (Å²) in [7, 11) is 0. The van der Waals surface area contributed by atoms with Crippen molar-refractivity contribution < 1.29 is 4.79 Å². The second-order valence-electron chi connectivity index (χ2n) is 6.94. The van der Waals surface area contributed by atoms with E-state index < -0.39 is 5.41 Å². The highest BCUT2D eigenvalue weighted by atomic mass is 16.1. The molecule has 2 aromatic rings. The van der Waals surface area contributed by atoms with Gasteiger partial charge < -0.3 is 4.90 Å². The summed E-state index contributed by atoms with van der Waals surface area (Å²) in [5.74, 6) is 0.351. The third kappa shape index (κ3) is 4.62. The lowest BCUT2D eigenvalue weighted by atomic mass is 9.67. The zero-order valence-electron chi connectivity index (χ0n) is 16.6. The molecular weight excluding hydrogens is 318 g/mol. The molecule has 0 heterocycles. The third-order valence-corrected chi connectivity index (χ3v) is 5.41. The van der Waals surface area contributed by atoms with Gasteiger partial charge in [-0.3, -0.25) is 4.79 Å². The van der Waals surface area contributed by atoms with Gasteiger partial charge in [-0.2, -0.15) is 0 Å². The molecule has 0 aliphatic rings. The van der Waals surface area contributed by atoms with Crippen molar-refractivity contribution >= 4 is 5.78 Å². The Morgan fingerprint density at radius 2 is 1.35 bits per heavy atom. The Balaban J connectivity index is 2.35. The molecule has 0 aliphatic carbocycles. The van der Waals surface area contributed by atoms with Gasteiger partial charge in [0.05, 0.1) is 5.41 Å². The molecule has 0 unspecified atom stereocenters. The van der Waals surface area contributed by atoms with Crippen LogP contribution in [0.25, 0.3) is 0 Å². The van der Waals surface area contributed by atoms with E-state index in [-0.39, 0.29) is 0 Å². The first-order chi connectivity index (χ1) is 12.7. The first kappa shape index (κ1) is 20.4. The van der Waals surface area contributed by atoms with Crippen LogP contribution in [0, 0.1) is 0 Å². The van der Waals surface area contributed by atoms with Gasteiger partial charge in [0.2, 0.25) is 0 Å². The largest absolute Gasteiger partial charge is 0.304 e. The molecule has 0 radical (unpaired) electrons. The van der Waals surface area contributed by atoms with Crippen molar-refractivity contribution in [1.82, 2.24) is 4.90 Å². The van der Waals surface area contributed by atoms with Gasteiger partial charge in [0.1, 0.15) is 5.78 Å². The molecule has 0 saturated heterocycles. The summed E-state index contributed by atoms with van der Waals surface area (Å²) in [6.07, 6.45) is 3.38. The quantitative estimate of drug-likeness (QED) is 0.535. The second kappa shape index (κ2) is 10.3. The van der Waals surface area contributed by atoms with Crippen LogP contribution in [0.4, 0.5) is 0 Å². The average Bonchev–Trinajstić information content (AvgIpc) is 2.70. The molecule has 26 heavy (non-hydrogen) atoms. The van der Waals surface area contributed by atoms with Crippen LogP contribution in [0.2, 0.25) is 0 Å². The van der Waals surface area contributed by atoms with Crippen molar-refractivity contribution in [3.05, 3.63) is 71.8 Å². The van der Waals surface area contributed by atoms with E-state index in [9.17, 15) is 4.79 Å². The SMILES string of the molecule is CCCC(C(=O)CCCN(CC)CC)(c1ccccc1)c1ccccc1. The van der Waals surface area contributed by atoms with E-state index >= 15 is 0 Å². The standard InChI is InChI=1S/C24H33NO/c1-4-19-24(21-14-9-7-10-15-21,22-16-11-8-12-17-22)23(26)18-13-20-25(5-2)6-3/h7-12,14-17H,4-6,13,18-20H2,1-3H3. The monoisotopic (exact) mass is 351 g/mol. The predicted octanol–water partition coefficient (Wildman–Crippen LogP) is 5.46. The Labute approximate surface area is 159 Å². The van der Waals surface area contributed by atoms with Crippen LogP contribution in [0.5, 0.6) is 0 Å². The van der Waals surface area contributed by atoms with Crippen LogP contribution in [0.1, 0.15) is 57.6 Å². The fourth-order valence-electron chi connectivity index (χ4n) is 3.95. The Hall–Kier alpha value is -1.93. The molecule has 2 aromatic carbocycles. The fourth-order valence-corrected chi connectivity index (χ4v) is 3.95. The lowest BCUT2D eigenvalue weighted by molar-refractivity contribution is -0.123. The number of carbonyl (C=O) groups excluding carboxylic acids is 1. The van der Waals surface area contributed by atoms with Crippen LogP contribution >= 0.6 is 0 Å². The number of nitrogens with zero attached hydrogens (tertiary/aromatic N) is 1. The van der Waals surface area contributed by atoms with Crippen molar-refractivity contribution in [2.75, 3.05) is 19.6 Å². The molecule has 0 saturated carbocycles. The molecule has 2 rings (SSSR count). The molecule has 140 valence electrons. The Bertz CT molecular complexity index is 607. The Morgan fingerprint density at radius 3 is 1.77 bits per heavy atom. The van der Waals surface area contributed by atoms with E-state index in [1.54, 1.807) is 0 Å². The summed E-state index contributed by atoms with van der Waals surface area (Å²) in [5.41, 5.74) is 1.72. The molecule has 0 N–H and O–H groups in total. The van der Waals surface area contributed by atoms with Crippen LogP contribution in [0.15, 0.2) is 60.7 Å². The fraction of sp³-hybridized carbons (Fsp3) is 0.458. The Kier molecular flexibility index (Phi) is 8.06. The van der Waals surface area contributed by atoms with E-state index in [2.05, 4.69) is 49.9 Å². The maximum Gasteiger partial charge on any atom is 0.147 e. The topological polar surface area (TPSA) is 20.3 Å². The van der Waals surface area contributed by atoms with Gasteiger partial charge in [0.25, 0.3) is 0 Å². The zero-order valence-corrected chi connectivity index (χ0v) is 16.6. The lowest BCUT2D eigenvalue weighted by Gasteiger charge is -2.34. The minimum atomic E-state index is -0.527. The van der Waals surface area contributed by atoms with Crippen LogP contribution in [0.3, 0.4) is 0 Å². The number of hydrogen-bond acceptors (Lipinski definition) is 2. The second-order valence-corrected chi connectivity index (χ2v) is 6.94. The molecular formula is C24H33NO. The number of benzene rings is 2. The van der Waals surface area contributed by atoms with Crippen molar-refractivity contribution in [3.63, 3.8) is 0 Å². The van der Waals surface area contributed by atoms with Crippen LogP contribution < -0.4 is 0 Å². The summed E-state index contributed by atoms with van der Waals surface area (Å²) < 4.78 is 0. The number of hydrogen-bond donors (Lipinski definition) is 0. The highest BCUT2D eigenvalue weighted by Crippen LogP contribution is 2.39. The number of rotatable bonds is 11. The summed E-state index contributed by atoms with van der Waals surface area (Å²) in [6, 6.07) is 20.7. The summed E-state index contributed by atoms with van der Waals surface area (Å²) in [5, 5.41) is 0. The predicted molar refractivity (Wildman–Crippen MR) is 111 cm³/mol. The molecule has 0 spiro atoms. The minimum absolute atomic E-state index is 0.351. The number of Topliss-reactive ketones (excluding diaryl/α,β-unsaturated/α-hetero) is 1. The van der Waals surface area contributed by atoms with E-state index in [1.165, 1.54) is 0 Å². The van der Waals surface area contributed by atoms with Gasteiger partial charge in [0, 0.05) is 6.42 Å². The smallest absolute Gasteiger partial charge is 0.147 e. The van der Waals surface area contributed by atoms with E-state index in [0.29, 0.717) is 12.2 Å². The van der Waals surface area contributed by atoms with Gasteiger partial charge in [-0.1, -0.05) is 87.9 Å². The van der Waals surface area contributed by atoms with Gasteiger partial charge in [0.15, 0.2) is 0 Å². The molecule has 0 aromatic heterocycles. The highest BCUT2D eigenvalue weighted by molar-refractivity contribution is 5.93. The molecule has 2 nitrogen and oxygen atoms in total. The number of ketones is 1. The van der Waals surface area contributed by atoms with Crippen LogP contribution in [-0.4, -0.2) is 30.3 Å². The normalized spacial score (nSPS) is 11.7.